The minimum absolute atomic E-state index is 0.251. The molecule has 0 spiro atoms. The molecule has 2 aromatic carbocycles. The zero-order chi connectivity index (χ0) is 21.2. The third-order valence-electron chi connectivity index (χ3n) is 4.50. The highest BCUT2D eigenvalue weighted by atomic mass is 16.5. The zero-order valence-corrected chi connectivity index (χ0v) is 16.9. The molecule has 0 saturated carbocycles. The van der Waals surface area contributed by atoms with Gasteiger partial charge in [0.15, 0.2) is 6.61 Å². The number of pyridine rings is 1. The van der Waals surface area contributed by atoms with E-state index in [2.05, 4.69) is 4.98 Å². The molecule has 1 amide bonds. The number of esters is 1. The minimum Gasteiger partial charge on any atom is -0.489 e. The van der Waals surface area contributed by atoms with Crippen LogP contribution in [-0.2, 0) is 22.7 Å². The summed E-state index contributed by atoms with van der Waals surface area (Å²) in [6, 6.07) is 20.8. The van der Waals surface area contributed by atoms with Crippen LogP contribution in [0.2, 0.25) is 0 Å². The van der Waals surface area contributed by atoms with Gasteiger partial charge in [0.1, 0.15) is 12.4 Å². The number of aromatic nitrogens is 1. The van der Waals surface area contributed by atoms with E-state index in [1.165, 1.54) is 6.20 Å². The first-order chi connectivity index (χ1) is 14.7. The fraction of sp³-hybridized carbons (Fsp3) is 0.208. The van der Waals surface area contributed by atoms with E-state index in [1.54, 1.807) is 23.2 Å². The van der Waals surface area contributed by atoms with E-state index >= 15 is 0 Å². The highest BCUT2D eigenvalue weighted by molar-refractivity contribution is 5.90. The molecule has 0 radical (unpaired) electrons. The van der Waals surface area contributed by atoms with Gasteiger partial charge in [-0.15, -0.1) is 0 Å². The van der Waals surface area contributed by atoms with E-state index in [0.717, 1.165) is 16.9 Å². The Morgan fingerprint density at radius 3 is 2.37 bits per heavy atom. The van der Waals surface area contributed by atoms with Crippen LogP contribution in [0.1, 0.15) is 28.4 Å². The molecule has 0 fully saturated rings. The number of amides is 1. The van der Waals surface area contributed by atoms with Crippen LogP contribution in [0.4, 0.5) is 0 Å². The van der Waals surface area contributed by atoms with Gasteiger partial charge in [-0.2, -0.15) is 0 Å². The maximum Gasteiger partial charge on any atom is 0.340 e. The molecule has 154 valence electrons. The average Bonchev–Trinajstić information content (AvgIpc) is 2.81. The monoisotopic (exact) mass is 404 g/mol. The van der Waals surface area contributed by atoms with Crippen LogP contribution in [0, 0.1) is 0 Å². The molecule has 0 atom stereocenters. The lowest BCUT2D eigenvalue weighted by atomic mass is 10.2. The summed E-state index contributed by atoms with van der Waals surface area (Å²) in [6.45, 7) is 3.02. The largest absolute Gasteiger partial charge is 0.489 e. The van der Waals surface area contributed by atoms with Crippen LogP contribution in [0.25, 0.3) is 0 Å². The Balaban J connectivity index is 1.49. The number of nitrogens with zero attached hydrogens (tertiary/aromatic N) is 2. The van der Waals surface area contributed by atoms with E-state index in [9.17, 15) is 9.59 Å². The van der Waals surface area contributed by atoms with Gasteiger partial charge in [-0.05, 0) is 42.3 Å². The Morgan fingerprint density at radius 1 is 0.933 bits per heavy atom. The van der Waals surface area contributed by atoms with E-state index in [0.29, 0.717) is 25.3 Å². The lowest BCUT2D eigenvalue weighted by Crippen LogP contribution is -2.34. The van der Waals surface area contributed by atoms with Crippen molar-refractivity contribution in [3.8, 4) is 5.75 Å². The standard InChI is InChI=1S/C24H24N2O4/c1-2-26(23(27)18-30-24(28)21-9-6-14-25-15-21)16-19-10-12-22(13-11-19)29-17-20-7-4-3-5-8-20/h3-15H,2,16-18H2,1H3. The van der Waals surface area contributed by atoms with Crippen molar-refractivity contribution in [2.24, 2.45) is 0 Å². The first kappa shape index (κ1) is 21.0. The number of ether oxygens (including phenoxy) is 2. The number of likely N-dealkylation sites (N-methyl/N-ethyl adjacent to an activating group) is 1. The summed E-state index contributed by atoms with van der Waals surface area (Å²) in [7, 11) is 0. The predicted molar refractivity (Wildman–Crippen MR) is 113 cm³/mol. The Labute approximate surface area is 176 Å². The smallest absolute Gasteiger partial charge is 0.340 e. The normalized spacial score (nSPS) is 10.3. The molecule has 0 aliphatic carbocycles. The number of carbonyl (C=O) groups excluding carboxylic acids is 2. The van der Waals surface area contributed by atoms with Gasteiger partial charge in [-0.25, -0.2) is 4.79 Å². The van der Waals surface area contributed by atoms with Crippen molar-refractivity contribution < 1.29 is 19.1 Å². The molecule has 0 unspecified atom stereocenters. The van der Waals surface area contributed by atoms with Crippen LogP contribution in [0.15, 0.2) is 79.1 Å². The second-order valence-corrected chi connectivity index (χ2v) is 6.64. The molecule has 0 aliphatic heterocycles. The second kappa shape index (κ2) is 10.8. The van der Waals surface area contributed by atoms with Crippen LogP contribution in [0.3, 0.4) is 0 Å². The summed E-state index contributed by atoms with van der Waals surface area (Å²) < 4.78 is 10.9. The second-order valence-electron chi connectivity index (χ2n) is 6.64. The summed E-state index contributed by atoms with van der Waals surface area (Å²) in [5.74, 6) is -0.0473. The quantitative estimate of drug-likeness (QED) is 0.507. The molecule has 0 saturated heterocycles. The molecule has 0 N–H and O–H groups in total. The molecule has 3 aromatic rings. The molecular weight excluding hydrogens is 380 g/mol. The van der Waals surface area contributed by atoms with Crippen LogP contribution < -0.4 is 4.74 Å². The Kier molecular flexibility index (Phi) is 7.55. The fourth-order valence-corrected chi connectivity index (χ4v) is 2.81. The van der Waals surface area contributed by atoms with Crippen molar-refractivity contribution in [1.29, 1.82) is 0 Å². The predicted octanol–water partition coefficient (Wildman–Crippen LogP) is 3.87. The molecule has 0 aliphatic rings. The molecule has 1 aromatic heterocycles. The molecule has 3 rings (SSSR count). The van der Waals surface area contributed by atoms with Crippen molar-refractivity contribution in [2.45, 2.75) is 20.1 Å². The van der Waals surface area contributed by atoms with Crippen LogP contribution >= 0.6 is 0 Å². The van der Waals surface area contributed by atoms with Crippen molar-refractivity contribution in [1.82, 2.24) is 9.88 Å². The van der Waals surface area contributed by atoms with Crippen LogP contribution in [-0.4, -0.2) is 34.9 Å². The van der Waals surface area contributed by atoms with Gasteiger partial charge in [0, 0.05) is 25.5 Å². The van der Waals surface area contributed by atoms with Gasteiger partial charge in [-0.3, -0.25) is 9.78 Å². The maximum atomic E-state index is 12.4. The number of hydrogen-bond acceptors (Lipinski definition) is 5. The van der Waals surface area contributed by atoms with Crippen molar-refractivity contribution in [3.63, 3.8) is 0 Å². The van der Waals surface area contributed by atoms with Crippen molar-refractivity contribution in [2.75, 3.05) is 13.2 Å². The van der Waals surface area contributed by atoms with E-state index in [1.807, 2.05) is 61.5 Å². The lowest BCUT2D eigenvalue weighted by Gasteiger charge is -2.21. The van der Waals surface area contributed by atoms with Gasteiger partial charge in [-0.1, -0.05) is 42.5 Å². The first-order valence-corrected chi connectivity index (χ1v) is 9.76. The maximum absolute atomic E-state index is 12.4. The molecule has 6 nitrogen and oxygen atoms in total. The van der Waals surface area contributed by atoms with Crippen molar-refractivity contribution in [3.05, 3.63) is 95.8 Å². The van der Waals surface area contributed by atoms with Crippen molar-refractivity contribution >= 4 is 11.9 Å². The highest BCUT2D eigenvalue weighted by Gasteiger charge is 2.16. The fourth-order valence-electron chi connectivity index (χ4n) is 2.81. The topological polar surface area (TPSA) is 68.7 Å². The third kappa shape index (κ3) is 6.17. The molecule has 6 heteroatoms. The SMILES string of the molecule is CCN(Cc1ccc(OCc2ccccc2)cc1)C(=O)COC(=O)c1cccnc1. The summed E-state index contributed by atoms with van der Waals surface area (Å²) in [6.07, 6.45) is 2.98. The summed E-state index contributed by atoms with van der Waals surface area (Å²) in [5.41, 5.74) is 2.39. The van der Waals surface area contributed by atoms with E-state index in [4.69, 9.17) is 9.47 Å². The average molecular weight is 404 g/mol. The lowest BCUT2D eigenvalue weighted by molar-refractivity contribution is -0.134. The number of rotatable bonds is 9. The molecule has 30 heavy (non-hydrogen) atoms. The first-order valence-electron chi connectivity index (χ1n) is 9.76. The van der Waals surface area contributed by atoms with Crippen LogP contribution in [0.5, 0.6) is 5.75 Å². The molecule has 1 heterocycles. The van der Waals surface area contributed by atoms with Gasteiger partial charge in [0.05, 0.1) is 5.56 Å². The molecule has 0 bridgehead atoms. The number of benzene rings is 2. The molecular formula is C24H24N2O4. The summed E-state index contributed by atoms with van der Waals surface area (Å²) in [5, 5.41) is 0. The zero-order valence-electron chi connectivity index (χ0n) is 16.9. The van der Waals surface area contributed by atoms with Gasteiger partial charge in [0.25, 0.3) is 5.91 Å². The summed E-state index contributed by atoms with van der Waals surface area (Å²) in [4.78, 5) is 29.9. The van der Waals surface area contributed by atoms with Gasteiger partial charge >= 0.3 is 5.97 Å². The van der Waals surface area contributed by atoms with E-state index in [-0.39, 0.29) is 12.5 Å². The van der Waals surface area contributed by atoms with E-state index < -0.39 is 5.97 Å². The Morgan fingerprint density at radius 2 is 1.70 bits per heavy atom. The Hall–Kier alpha value is -3.67. The summed E-state index contributed by atoms with van der Waals surface area (Å²) >= 11 is 0. The minimum atomic E-state index is -0.563. The highest BCUT2D eigenvalue weighted by Crippen LogP contribution is 2.16. The third-order valence-corrected chi connectivity index (χ3v) is 4.50. The van der Waals surface area contributed by atoms with Gasteiger partial charge < -0.3 is 14.4 Å². The number of hydrogen-bond donors (Lipinski definition) is 0. The van der Waals surface area contributed by atoms with Gasteiger partial charge in [0.2, 0.25) is 0 Å². The Bertz CT molecular complexity index is 944. The number of carbonyl (C=O) groups is 2.